The molecule has 3 aliphatic rings. The van der Waals surface area contributed by atoms with Gasteiger partial charge in [-0.3, -0.25) is 0 Å². The summed E-state index contributed by atoms with van der Waals surface area (Å²) in [5.41, 5.74) is 1.19. The van der Waals surface area contributed by atoms with Crippen molar-refractivity contribution >= 4 is 17.7 Å². The number of oxime groups is 1. The second-order valence-corrected chi connectivity index (χ2v) is 11.6. The SMILES string of the molecule is CON=C1C[C@H](n2nnc(C(=O)OC)c2C(=O)OC)[C@@]2(O)Oc3ccc(O)cc3[C@H]3[C@H](CCCCO)[C@@H](CCCCO)C=C1[C@H]32. The molecule has 6 atom stereocenters. The minimum Gasteiger partial charge on any atom is -0.508 e. The molecular formula is C31H40N4O10. The Morgan fingerprint density at radius 3 is 2.44 bits per heavy atom. The number of hydrogen-bond donors (Lipinski definition) is 4. The van der Waals surface area contributed by atoms with Crippen LogP contribution in [0.5, 0.6) is 11.5 Å². The molecule has 5 rings (SSSR count). The van der Waals surface area contributed by atoms with Crippen molar-refractivity contribution in [2.24, 2.45) is 22.9 Å². The quantitative estimate of drug-likeness (QED) is 0.153. The van der Waals surface area contributed by atoms with Crippen LogP contribution in [-0.4, -0.2) is 93.4 Å². The van der Waals surface area contributed by atoms with Crippen LogP contribution >= 0.6 is 0 Å². The lowest BCUT2D eigenvalue weighted by atomic mass is 9.55. The standard InChI is InChI=1S/C31H40N4O10/c1-42-29(39)27-28(30(40)43-2)35(34-32-27)24-16-22(33-44-3)20-14-17(8-4-6-12-36)19(9-5-7-13-37)25-21-15-18(38)10-11-23(21)45-31(24,41)26(20)25/h10-11,14-15,17,19,24-26,36-38,41H,4-9,12-13,16H2,1-3H3/t17-,19+,24-,25+,26+,31+/m0/s1. The molecule has 2 aliphatic carbocycles. The fraction of sp³-hybridized carbons (Fsp3) is 0.581. The number of rotatable bonds is 12. The molecule has 0 bridgehead atoms. The topological polar surface area (TPSA) is 195 Å². The summed E-state index contributed by atoms with van der Waals surface area (Å²) < 4.78 is 17.4. The van der Waals surface area contributed by atoms with Gasteiger partial charge in [0.1, 0.15) is 24.7 Å². The summed E-state index contributed by atoms with van der Waals surface area (Å²) in [5, 5.41) is 54.9. The molecule has 45 heavy (non-hydrogen) atoms. The minimum atomic E-state index is -2.04. The summed E-state index contributed by atoms with van der Waals surface area (Å²) in [6.45, 7) is 0.111. The highest BCUT2D eigenvalue weighted by Crippen LogP contribution is 2.62. The number of aliphatic hydroxyl groups excluding tert-OH is 2. The van der Waals surface area contributed by atoms with E-state index in [2.05, 4.69) is 21.5 Å². The average Bonchev–Trinajstić information content (AvgIpc) is 3.47. The van der Waals surface area contributed by atoms with Gasteiger partial charge in [0.2, 0.25) is 11.5 Å². The van der Waals surface area contributed by atoms with Crippen LogP contribution in [0.3, 0.4) is 0 Å². The number of ether oxygens (including phenoxy) is 3. The summed E-state index contributed by atoms with van der Waals surface area (Å²) in [4.78, 5) is 30.9. The predicted molar refractivity (Wildman–Crippen MR) is 158 cm³/mol. The fourth-order valence-electron chi connectivity index (χ4n) is 7.35. The number of aromatic hydroxyl groups is 1. The molecule has 0 unspecified atom stereocenters. The van der Waals surface area contributed by atoms with E-state index >= 15 is 0 Å². The molecule has 2 aromatic rings. The molecule has 2 heterocycles. The Balaban J connectivity index is 1.75. The molecule has 1 aromatic carbocycles. The van der Waals surface area contributed by atoms with Crippen molar-refractivity contribution in [3.05, 3.63) is 46.8 Å². The van der Waals surface area contributed by atoms with Crippen molar-refractivity contribution in [2.75, 3.05) is 34.5 Å². The van der Waals surface area contributed by atoms with Crippen molar-refractivity contribution in [1.29, 1.82) is 0 Å². The number of phenolic OH excluding ortho intramolecular Hbond substituents is 1. The lowest BCUT2D eigenvalue weighted by Gasteiger charge is -2.56. The molecule has 0 spiro atoms. The number of hydrogen-bond acceptors (Lipinski definition) is 13. The predicted octanol–water partition coefficient (Wildman–Crippen LogP) is 2.48. The van der Waals surface area contributed by atoms with Crippen LogP contribution in [0, 0.1) is 17.8 Å². The number of methoxy groups -OCH3 is 2. The van der Waals surface area contributed by atoms with Crippen molar-refractivity contribution in [3.63, 3.8) is 0 Å². The van der Waals surface area contributed by atoms with Gasteiger partial charge in [0, 0.05) is 31.1 Å². The first-order valence-electron chi connectivity index (χ1n) is 15.1. The van der Waals surface area contributed by atoms with Crippen LogP contribution in [0.2, 0.25) is 0 Å². The molecule has 1 saturated carbocycles. The zero-order valence-corrected chi connectivity index (χ0v) is 25.6. The van der Waals surface area contributed by atoms with Gasteiger partial charge in [-0.15, -0.1) is 5.10 Å². The van der Waals surface area contributed by atoms with E-state index in [4.69, 9.17) is 19.0 Å². The maximum absolute atomic E-state index is 13.1. The van der Waals surface area contributed by atoms with Gasteiger partial charge in [-0.05, 0) is 61.3 Å². The number of carbonyl (C=O) groups excluding carboxylic acids is 2. The van der Waals surface area contributed by atoms with Crippen LogP contribution < -0.4 is 4.74 Å². The number of unbranched alkanes of at least 4 members (excludes halogenated alkanes) is 2. The monoisotopic (exact) mass is 628 g/mol. The zero-order chi connectivity index (χ0) is 32.3. The number of esters is 2. The zero-order valence-electron chi connectivity index (χ0n) is 25.6. The first kappa shape index (κ1) is 32.4. The lowest BCUT2D eigenvalue weighted by molar-refractivity contribution is -0.225. The van der Waals surface area contributed by atoms with Crippen LogP contribution in [0.1, 0.15) is 83.4 Å². The number of fused-ring (bicyclic) bond motifs is 2. The average molecular weight is 629 g/mol. The van der Waals surface area contributed by atoms with Crippen molar-refractivity contribution < 1.29 is 49.1 Å². The summed E-state index contributed by atoms with van der Waals surface area (Å²) in [5.74, 6) is -4.71. The summed E-state index contributed by atoms with van der Waals surface area (Å²) in [7, 11) is 3.71. The van der Waals surface area contributed by atoms with Crippen LogP contribution in [0.4, 0.5) is 0 Å². The van der Waals surface area contributed by atoms with Gasteiger partial charge in [-0.25, -0.2) is 14.3 Å². The summed E-state index contributed by atoms with van der Waals surface area (Å²) in [6.07, 6.45) is 6.26. The largest absolute Gasteiger partial charge is 0.508 e. The van der Waals surface area contributed by atoms with Crippen molar-refractivity contribution in [3.8, 4) is 11.5 Å². The Kier molecular flexibility index (Phi) is 9.75. The van der Waals surface area contributed by atoms with E-state index in [1.807, 2.05) is 0 Å². The second-order valence-electron chi connectivity index (χ2n) is 11.6. The maximum atomic E-state index is 13.1. The van der Waals surface area contributed by atoms with E-state index in [0.29, 0.717) is 41.9 Å². The van der Waals surface area contributed by atoms with Gasteiger partial charge in [0.05, 0.1) is 25.8 Å². The number of allylic oxidation sites excluding steroid dienone is 1. The number of carbonyl (C=O) groups is 2. The van der Waals surface area contributed by atoms with E-state index in [1.54, 1.807) is 12.1 Å². The van der Waals surface area contributed by atoms with E-state index in [1.165, 1.54) is 13.2 Å². The lowest BCUT2D eigenvalue weighted by Crippen LogP contribution is -2.62. The number of benzene rings is 1. The second kappa shape index (κ2) is 13.5. The highest BCUT2D eigenvalue weighted by atomic mass is 16.6. The molecule has 1 aromatic heterocycles. The van der Waals surface area contributed by atoms with Crippen molar-refractivity contribution in [2.45, 2.75) is 62.7 Å². The third-order valence-corrected chi connectivity index (χ3v) is 9.21. The molecule has 0 saturated heterocycles. The van der Waals surface area contributed by atoms with Gasteiger partial charge < -0.3 is 39.5 Å². The molecule has 14 nitrogen and oxygen atoms in total. The normalized spacial score (nSPS) is 27.6. The number of aliphatic hydroxyl groups is 3. The van der Waals surface area contributed by atoms with E-state index in [0.717, 1.165) is 38.2 Å². The molecular weight excluding hydrogens is 588 g/mol. The Morgan fingerprint density at radius 1 is 1.07 bits per heavy atom. The minimum absolute atomic E-state index is 0.00516. The molecule has 1 aliphatic heterocycles. The fourth-order valence-corrected chi connectivity index (χ4v) is 7.35. The van der Waals surface area contributed by atoms with E-state index in [9.17, 15) is 30.0 Å². The van der Waals surface area contributed by atoms with Gasteiger partial charge >= 0.3 is 11.9 Å². The third kappa shape index (κ3) is 5.77. The van der Waals surface area contributed by atoms with Gasteiger partial charge in [-0.2, -0.15) is 0 Å². The summed E-state index contributed by atoms with van der Waals surface area (Å²) >= 11 is 0. The van der Waals surface area contributed by atoms with Gasteiger partial charge in [0.25, 0.3) is 0 Å². The third-order valence-electron chi connectivity index (χ3n) is 9.21. The molecule has 0 amide bonds. The van der Waals surface area contributed by atoms with E-state index < -0.39 is 35.6 Å². The Bertz CT molecular complexity index is 1470. The molecule has 14 heteroatoms. The van der Waals surface area contributed by atoms with Crippen LogP contribution in [-0.2, 0) is 14.3 Å². The first-order chi connectivity index (χ1) is 21.7. The molecule has 244 valence electrons. The molecule has 0 radical (unpaired) electrons. The van der Waals surface area contributed by atoms with E-state index in [-0.39, 0.29) is 48.6 Å². The maximum Gasteiger partial charge on any atom is 0.361 e. The molecule has 1 fully saturated rings. The van der Waals surface area contributed by atoms with Gasteiger partial charge in [0.15, 0.2) is 5.69 Å². The smallest absolute Gasteiger partial charge is 0.361 e. The molecule has 4 N–H and O–H groups in total. The number of aromatic nitrogens is 3. The summed E-state index contributed by atoms with van der Waals surface area (Å²) in [6, 6.07) is 3.58. The van der Waals surface area contributed by atoms with Crippen LogP contribution in [0.25, 0.3) is 0 Å². The number of nitrogens with zero attached hydrogens (tertiary/aromatic N) is 4. The first-order valence-corrected chi connectivity index (χ1v) is 15.1. The number of phenols is 1. The highest BCUT2D eigenvalue weighted by Gasteiger charge is 2.63. The van der Waals surface area contributed by atoms with Gasteiger partial charge in [-0.1, -0.05) is 29.3 Å². The van der Waals surface area contributed by atoms with Crippen LogP contribution in [0.15, 0.2) is 35.0 Å². The highest BCUT2D eigenvalue weighted by molar-refractivity contribution is 6.03. The Labute approximate surface area is 260 Å². The Morgan fingerprint density at radius 2 is 1.78 bits per heavy atom. The van der Waals surface area contributed by atoms with Crippen molar-refractivity contribution in [1.82, 2.24) is 15.0 Å². The Hall–Kier alpha value is -4.01.